The van der Waals surface area contributed by atoms with Gasteiger partial charge in [-0.1, -0.05) is 46.6 Å². The second-order valence-corrected chi connectivity index (χ2v) is 15.3. The van der Waals surface area contributed by atoms with E-state index < -0.39 is 8.32 Å². The fourth-order valence-electron chi connectivity index (χ4n) is 4.52. The molecule has 0 saturated carbocycles. The topological polar surface area (TPSA) is 29.5 Å². The number of hydrogen-bond donors (Lipinski definition) is 0. The van der Waals surface area contributed by atoms with Crippen LogP contribution < -0.4 is 0 Å². The molecule has 2 aliphatic rings. The van der Waals surface area contributed by atoms with Crippen molar-refractivity contribution in [1.82, 2.24) is 4.90 Å². The van der Waals surface area contributed by atoms with Crippen LogP contribution in [-0.4, -0.2) is 43.7 Å². The summed E-state index contributed by atoms with van der Waals surface area (Å²) in [6, 6.07) is 1.23. The largest absolute Gasteiger partial charge is 0.412 e. The van der Waals surface area contributed by atoms with Crippen LogP contribution in [0.2, 0.25) is 18.1 Å². The minimum atomic E-state index is -1.72. The molecule has 28 heavy (non-hydrogen) atoms. The van der Waals surface area contributed by atoms with Crippen molar-refractivity contribution < 1.29 is 9.22 Å². The summed E-state index contributed by atoms with van der Waals surface area (Å²) in [5, 5.41) is 0.268. The van der Waals surface area contributed by atoms with Gasteiger partial charge < -0.3 is 4.43 Å². The molecule has 0 spiro atoms. The third-order valence-electron chi connectivity index (χ3n) is 7.24. The number of unbranched alkanes of at least 4 members (excludes halogenated alkanes) is 3. The number of hydrogen-bond acceptors (Lipinski definition) is 3. The Labute approximate surface area is 175 Å². The maximum Gasteiger partial charge on any atom is 0.192 e. The molecule has 162 valence electrons. The Morgan fingerprint density at radius 2 is 1.96 bits per heavy atom. The molecule has 3 nitrogen and oxygen atoms in total. The Bertz CT molecular complexity index is 523. The average molecular weight is 408 g/mol. The Kier molecular flexibility index (Phi) is 8.97. The van der Waals surface area contributed by atoms with E-state index in [2.05, 4.69) is 51.8 Å². The van der Waals surface area contributed by atoms with Crippen LogP contribution in [0.3, 0.4) is 0 Å². The molecule has 2 aliphatic heterocycles. The Hall–Kier alpha value is -0.453. The van der Waals surface area contributed by atoms with Gasteiger partial charge in [0.15, 0.2) is 14.1 Å². The van der Waals surface area contributed by atoms with Crippen molar-refractivity contribution in [3.63, 3.8) is 0 Å². The number of fused-ring (bicyclic) bond motifs is 1. The SMILES string of the molecule is CCCCC/C=C/C(=O)CCCC1C[C@@H](O[Si](C)(C)C(C)(C)C)[C@@H]2CCCN12. The summed E-state index contributed by atoms with van der Waals surface area (Å²) < 4.78 is 6.84. The van der Waals surface area contributed by atoms with Crippen LogP contribution in [0.1, 0.15) is 91.9 Å². The lowest BCUT2D eigenvalue weighted by atomic mass is 10.0. The zero-order valence-corrected chi connectivity index (χ0v) is 20.4. The van der Waals surface area contributed by atoms with E-state index in [1.165, 1.54) is 38.6 Å². The lowest BCUT2D eigenvalue weighted by Crippen LogP contribution is -2.46. The van der Waals surface area contributed by atoms with Crippen molar-refractivity contribution in [1.29, 1.82) is 0 Å². The maximum absolute atomic E-state index is 12.1. The number of carbonyl (C=O) groups excluding carboxylic acids is 1. The zero-order chi connectivity index (χ0) is 20.8. The molecule has 0 N–H and O–H groups in total. The van der Waals surface area contributed by atoms with Crippen molar-refractivity contribution in [3.05, 3.63) is 12.2 Å². The summed E-state index contributed by atoms with van der Waals surface area (Å²) in [7, 11) is -1.72. The normalized spacial score (nSPS) is 26.3. The first-order chi connectivity index (χ1) is 13.2. The molecule has 4 heteroatoms. The molecule has 2 rings (SSSR count). The van der Waals surface area contributed by atoms with Crippen molar-refractivity contribution in [2.24, 2.45) is 0 Å². The van der Waals surface area contributed by atoms with E-state index >= 15 is 0 Å². The molecular formula is C24H45NO2Si. The average Bonchev–Trinajstić information content (AvgIpc) is 3.18. The number of allylic oxidation sites excluding steroid dienone is 2. The van der Waals surface area contributed by atoms with Crippen molar-refractivity contribution in [2.75, 3.05) is 6.54 Å². The lowest BCUT2D eigenvalue weighted by molar-refractivity contribution is -0.114. The van der Waals surface area contributed by atoms with Crippen LogP contribution in [-0.2, 0) is 9.22 Å². The molecule has 0 radical (unpaired) electrons. The third-order valence-corrected chi connectivity index (χ3v) is 11.7. The maximum atomic E-state index is 12.1. The first-order valence-corrected chi connectivity index (χ1v) is 14.7. The lowest BCUT2D eigenvalue weighted by Gasteiger charge is -2.39. The number of ketones is 1. The molecule has 0 aromatic carbocycles. The molecule has 2 saturated heterocycles. The van der Waals surface area contributed by atoms with Gasteiger partial charge in [-0.3, -0.25) is 9.69 Å². The summed E-state index contributed by atoms with van der Waals surface area (Å²) in [6.45, 7) is 15.2. The molecule has 0 bridgehead atoms. The molecule has 0 aromatic rings. The van der Waals surface area contributed by atoms with Crippen LogP contribution in [0.4, 0.5) is 0 Å². The van der Waals surface area contributed by atoms with Crippen molar-refractivity contribution in [3.8, 4) is 0 Å². The molecule has 3 atom stereocenters. The van der Waals surface area contributed by atoms with Gasteiger partial charge in [0, 0.05) is 18.5 Å². The van der Waals surface area contributed by atoms with Crippen LogP contribution >= 0.6 is 0 Å². The van der Waals surface area contributed by atoms with Gasteiger partial charge in [0.25, 0.3) is 0 Å². The highest BCUT2D eigenvalue weighted by Gasteiger charge is 2.48. The standard InChI is InChI=1S/C24H45NO2Si/c1-7-8-9-10-11-15-21(26)16-12-14-20-19-23(22-17-13-18-25(20)22)27-28(5,6)24(2,3)4/h11,15,20,22-23H,7-10,12-14,16-19H2,1-6H3/b15-11+/t20?,22-,23+/m0/s1. The number of rotatable bonds is 11. The van der Waals surface area contributed by atoms with Gasteiger partial charge in [0.1, 0.15) is 0 Å². The van der Waals surface area contributed by atoms with Crippen molar-refractivity contribution in [2.45, 2.75) is 128 Å². The van der Waals surface area contributed by atoms with Gasteiger partial charge in [0.2, 0.25) is 0 Å². The Morgan fingerprint density at radius 3 is 2.64 bits per heavy atom. The van der Waals surface area contributed by atoms with Crippen LogP contribution in [0, 0.1) is 0 Å². The summed E-state index contributed by atoms with van der Waals surface area (Å²) >= 11 is 0. The van der Waals surface area contributed by atoms with E-state index in [9.17, 15) is 4.79 Å². The van der Waals surface area contributed by atoms with E-state index in [4.69, 9.17) is 4.43 Å². The molecule has 0 aromatic heterocycles. The van der Waals surface area contributed by atoms with Gasteiger partial charge in [-0.2, -0.15) is 0 Å². The van der Waals surface area contributed by atoms with Gasteiger partial charge in [-0.15, -0.1) is 0 Å². The van der Waals surface area contributed by atoms with Gasteiger partial charge >= 0.3 is 0 Å². The predicted octanol–water partition coefficient (Wildman–Crippen LogP) is 6.49. The first-order valence-electron chi connectivity index (χ1n) is 11.8. The summed E-state index contributed by atoms with van der Waals surface area (Å²) in [5.74, 6) is 0.307. The molecule has 2 heterocycles. The zero-order valence-electron chi connectivity index (χ0n) is 19.4. The van der Waals surface area contributed by atoms with Gasteiger partial charge in [-0.25, -0.2) is 0 Å². The van der Waals surface area contributed by atoms with E-state index in [0.29, 0.717) is 30.4 Å². The number of nitrogens with zero attached hydrogens (tertiary/aromatic N) is 1. The smallest absolute Gasteiger partial charge is 0.192 e. The van der Waals surface area contributed by atoms with E-state index in [1.54, 1.807) is 0 Å². The van der Waals surface area contributed by atoms with Gasteiger partial charge in [-0.05, 0) is 75.7 Å². The Balaban J connectivity index is 1.79. The fourth-order valence-corrected chi connectivity index (χ4v) is 5.88. The van der Waals surface area contributed by atoms with Crippen molar-refractivity contribution >= 4 is 14.1 Å². The van der Waals surface area contributed by atoms with E-state index in [1.807, 2.05) is 6.08 Å². The summed E-state index contributed by atoms with van der Waals surface area (Å²) in [6.07, 6.45) is 15.7. The van der Waals surface area contributed by atoms with Crippen LogP contribution in [0.5, 0.6) is 0 Å². The molecule has 0 aliphatic carbocycles. The van der Waals surface area contributed by atoms with E-state index in [-0.39, 0.29) is 5.04 Å². The second-order valence-electron chi connectivity index (χ2n) is 10.5. The monoisotopic (exact) mass is 407 g/mol. The summed E-state index contributed by atoms with van der Waals surface area (Å²) in [5.41, 5.74) is 0. The Morgan fingerprint density at radius 1 is 1.21 bits per heavy atom. The molecule has 2 fully saturated rings. The quantitative estimate of drug-likeness (QED) is 0.223. The molecule has 0 amide bonds. The fraction of sp³-hybridized carbons (Fsp3) is 0.875. The minimum Gasteiger partial charge on any atom is -0.412 e. The number of carbonyl (C=O) groups is 1. The molecule has 1 unspecified atom stereocenters. The highest BCUT2D eigenvalue weighted by Crippen LogP contribution is 2.43. The van der Waals surface area contributed by atoms with Gasteiger partial charge in [0.05, 0.1) is 6.10 Å². The second kappa shape index (κ2) is 10.5. The predicted molar refractivity (Wildman–Crippen MR) is 122 cm³/mol. The van der Waals surface area contributed by atoms with Crippen LogP contribution in [0.25, 0.3) is 0 Å². The third kappa shape index (κ3) is 6.53. The minimum absolute atomic E-state index is 0.268. The van der Waals surface area contributed by atoms with E-state index in [0.717, 1.165) is 25.7 Å². The molecular weight excluding hydrogens is 362 g/mol. The van der Waals surface area contributed by atoms with Crippen LogP contribution in [0.15, 0.2) is 12.2 Å². The highest BCUT2D eigenvalue weighted by molar-refractivity contribution is 6.74. The summed E-state index contributed by atoms with van der Waals surface area (Å²) in [4.78, 5) is 14.8. The first kappa shape index (κ1) is 23.8. The highest BCUT2D eigenvalue weighted by atomic mass is 28.4.